The topological polar surface area (TPSA) is 40.5 Å². The first-order valence-corrected chi connectivity index (χ1v) is 6.71. The van der Waals surface area contributed by atoms with E-state index < -0.39 is 5.97 Å². The van der Waals surface area contributed by atoms with Crippen LogP contribution < -0.4 is 0 Å². The molecule has 1 aromatic heterocycles. The van der Waals surface area contributed by atoms with E-state index in [0.29, 0.717) is 4.88 Å². The van der Waals surface area contributed by atoms with Gasteiger partial charge in [-0.1, -0.05) is 30.3 Å². The second kappa shape index (κ2) is 4.55. The zero-order chi connectivity index (χ0) is 12.5. The molecule has 0 unspecified atom stereocenters. The van der Waals surface area contributed by atoms with E-state index in [1.807, 2.05) is 23.6 Å². The summed E-state index contributed by atoms with van der Waals surface area (Å²) in [5.41, 5.74) is 3.44. The number of carboxylic acids is 1. The molecule has 1 aromatic carbocycles. The van der Waals surface area contributed by atoms with Gasteiger partial charge in [-0.25, -0.2) is 4.79 Å². The number of thiophene rings is 1. The van der Waals surface area contributed by atoms with Crippen LogP contribution in [0.15, 0.2) is 35.7 Å². The summed E-state index contributed by atoms with van der Waals surface area (Å²) in [4.78, 5) is 13.9. The van der Waals surface area contributed by atoms with E-state index in [-0.39, 0.29) is 0 Å². The van der Waals surface area contributed by atoms with Crippen LogP contribution in [0.2, 0.25) is 0 Å². The Balaban J connectivity index is 1.75. The number of benzene rings is 1. The normalized spacial score (nSPS) is 14.7. The van der Waals surface area contributed by atoms with Crippen molar-refractivity contribution >= 4 is 17.3 Å². The van der Waals surface area contributed by atoms with Gasteiger partial charge in [-0.2, -0.15) is 0 Å². The number of rotatable bonds is 3. The highest BCUT2D eigenvalue weighted by Crippen LogP contribution is 2.31. The summed E-state index contributed by atoms with van der Waals surface area (Å²) in [6.07, 6.45) is 0. The molecule has 0 atom stereocenters. The molecule has 92 valence electrons. The van der Waals surface area contributed by atoms with Gasteiger partial charge in [0.1, 0.15) is 4.88 Å². The molecule has 1 aliphatic heterocycles. The lowest BCUT2D eigenvalue weighted by atomic mass is 10.2. The smallest absolute Gasteiger partial charge is 0.346 e. The minimum atomic E-state index is -0.803. The van der Waals surface area contributed by atoms with Crippen LogP contribution in [-0.2, 0) is 19.6 Å². The largest absolute Gasteiger partial charge is 0.477 e. The summed E-state index contributed by atoms with van der Waals surface area (Å²) in [6, 6.07) is 10.3. The minimum absolute atomic E-state index is 0.501. The molecule has 0 fully saturated rings. The average Bonchev–Trinajstić information content (AvgIpc) is 2.89. The maximum Gasteiger partial charge on any atom is 0.346 e. The van der Waals surface area contributed by atoms with Gasteiger partial charge in [-0.05, 0) is 22.1 Å². The molecule has 0 saturated heterocycles. The predicted octanol–water partition coefficient (Wildman–Crippen LogP) is 2.96. The van der Waals surface area contributed by atoms with Crippen LogP contribution in [0.5, 0.6) is 0 Å². The molecule has 1 aliphatic rings. The third kappa shape index (κ3) is 2.05. The van der Waals surface area contributed by atoms with E-state index in [2.05, 4.69) is 17.0 Å². The highest BCUT2D eigenvalue weighted by atomic mass is 32.1. The summed E-state index contributed by atoms with van der Waals surface area (Å²) >= 11 is 1.34. The molecule has 0 aliphatic carbocycles. The Labute approximate surface area is 109 Å². The number of nitrogens with zero attached hydrogens (tertiary/aromatic N) is 1. The van der Waals surface area contributed by atoms with Crippen molar-refractivity contribution in [3.05, 3.63) is 57.3 Å². The molecule has 0 spiro atoms. The third-order valence-electron chi connectivity index (χ3n) is 3.20. The van der Waals surface area contributed by atoms with E-state index in [4.69, 9.17) is 5.11 Å². The Bertz CT molecular complexity index is 577. The van der Waals surface area contributed by atoms with Gasteiger partial charge < -0.3 is 5.11 Å². The fourth-order valence-corrected chi connectivity index (χ4v) is 3.29. The standard InChI is InChI=1S/C14H13NO2S/c16-14(17)13-12-8-15(7-11(12)9-18-13)6-10-4-2-1-3-5-10/h1-5,9H,6-8H2,(H,16,17). The number of aromatic carboxylic acids is 1. The van der Waals surface area contributed by atoms with Gasteiger partial charge in [0.2, 0.25) is 0 Å². The first-order chi connectivity index (χ1) is 8.74. The van der Waals surface area contributed by atoms with Crippen LogP contribution in [0.3, 0.4) is 0 Å². The first kappa shape index (κ1) is 11.4. The summed E-state index contributed by atoms with van der Waals surface area (Å²) in [5, 5.41) is 11.1. The quantitative estimate of drug-likeness (QED) is 0.921. The van der Waals surface area contributed by atoms with Crippen LogP contribution in [0, 0.1) is 0 Å². The number of hydrogen-bond acceptors (Lipinski definition) is 3. The lowest BCUT2D eigenvalue weighted by molar-refractivity contribution is 0.0700. The van der Waals surface area contributed by atoms with Crippen LogP contribution in [0.1, 0.15) is 26.4 Å². The van der Waals surface area contributed by atoms with Gasteiger partial charge in [0.25, 0.3) is 0 Å². The lowest BCUT2D eigenvalue weighted by Crippen LogP contribution is -2.16. The molecular weight excluding hydrogens is 246 g/mol. The monoisotopic (exact) mass is 259 g/mol. The van der Waals surface area contributed by atoms with Crippen molar-refractivity contribution < 1.29 is 9.90 Å². The molecule has 0 saturated carbocycles. The van der Waals surface area contributed by atoms with Crippen molar-refractivity contribution in [1.29, 1.82) is 0 Å². The number of carboxylic acid groups (broad SMARTS) is 1. The molecule has 3 nitrogen and oxygen atoms in total. The second-order valence-corrected chi connectivity index (χ2v) is 5.38. The molecule has 0 bridgehead atoms. The number of hydrogen-bond donors (Lipinski definition) is 1. The lowest BCUT2D eigenvalue weighted by Gasteiger charge is -2.15. The van der Waals surface area contributed by atoms with Gasteiger partial charge in [-0.15, -0.1) is 11.3 Å². The van der Waals surface area contributed by atoms with Crippen molar-refractivity contribution in [3.63, 3.8) is 0 Å². The number of carbonyl (C=O) groups is 1. The predicted molar refractivity (Wildman–Crippen MR) is 70.7 cm³/mol. The summed E-state index contributed by atoms with van der Waals surface area (Å²) in [6.45, 7) is 2.47. The second-order valence-electron chi connectivity index (χ2n) is 4.50. The van der Waals surface area contributed by atoms with Crippen molar-refractivity contribution in [2.75, 3.05) is 0 Å². The van der Waals surface area contributed by atoms with Crippen LogP contribution in [-0.4, -0.2) is 16.0 Å². The maximum absolute atomic E-state index is 11.1. The fourth-order valence-electron chi connectivity index (χ4n) is 2.38. The van der Waals surface area contributed by atoms with E-state index in [1.165, 1.54) is 22.5 Å². The van der Waals surface area contributed by atoms with Crippen LogP contribution in [0.25, 0.3) is 0 Å². The maximum atomic E-state index is 11.1. The highest BCUT2D eigenvalue weighted by molar-refractivity contribution is 7.12. The fraction of sp³-hybridized carbons (Fsp3) is 0.214. The van der Waals surface area contributed by atoms with Crippen LogP contribution >= 0.6 is 11.3 Å². The Kier molecular flexibility index (Phi) is 2.89. The van der Waals surface area contributed by atoms with Crippen LogP contribution in [0.4, 0.5) is 0 Å². The molecule has 3 rings (SSSR count). The van der Waals surface area contributed by atoms with Crippen molar-refractivity contribution in [3.8, 4) is 0 Å². The first-order valence-electron chi connectivity index (χ1n) is 5.83. The summed E-state index contributed by atoms with van der Waals surface area (Å²) < 4.78 is 0. The third-order valence-corrected chi connectivity index (χ3v) is 4.26. The SMILES string of the molecule is O=C(O)c1scc2c1CN(Cc1ccccc1)C2. The summed E-state index contributed by atoms with van der Waals surface area (Å²) in [5.74, 6) is -0.803. The Hall–Kier alpha value is -1.65. The van der Waals surface area contributed by atoms with E-state index in [1.54, 1.807) is 0 Å². The molecular formula is C14H13NO2S. The average molecular weight is 259 g/mol. The Morgan fingerprint density at radius 2 is 2.06 bits per heavy atom. The van der Waals surface area contributed by atoms with E-state index in [0.717, 1.165) is 25.2 Å². The minimum Gasteiger partial charge on any atom is -0.477 e. The molecule has 2 aromatic rings. The Morgan fingerprint density at radius 3 is 2.78 bits per heavy atom. The Morgan fingerprint density at radius 1 is 1.28 bits per heavy atom. The molecule has 0 radical (unpaired) electrons. The van der Waals surface area contributed by atoms with Crippen molar-refractivity contribution in [1.82, 2.24) is 4.90 Å². The summed E-state index contributed by atoms with van der Waals surface area (Å²) in [7, 11) is 0. The zero-order valence-corrected chi connectivity index (χ0v) is 10.6. The van der Waals surface area contributed by atoms with Gasteiger partial charge in [-0.3, -0.25) is 4.90 Å². The molecule has 18 heavy (non-hydrogen) atoms. The number of fused-ring (bicyclic) bond motifs is 1. The molecule has 1 N–H and O–H groups in total. The van der Waals surface area contributed by atoms with Gasteiger partial charge in [0, 0.05) is 19.6 Å². The highest BCUT2D eigenvalue weighted by Gasteiger charge is 2.26. The van der Waals surface area contributed by atoms with Gasteiger partial charge in [0.05, 0.1) is 0 Å². The zero-order valence-electron chi connectivity index (χ0n) is 9.80. The van der Waals surface area contributed by atoms with Gasteiger partial charge >= 0.3 is 5.97 Å². The van der Waals surface area contributed by atoms with E-state index in [9.17, 15) is 4.79 Å². The van der Waals surface area contributed by atoms with Crippen molar-refractivity contribution in [2.45, 2.75) is 19.6 Å². The molecule has 2 heterocycles. The molecule has 0 amide bonds. The van der Waals surface area contributed by atoms with Gasteiger partial charge in [0.15, 0.2) is 0 Å². The molecule has 4 heteroatoms. The van der Waals surface area contributed by atoms with E-state index >= 15 is 0 Å². The van der Waals surface area contributed by atoms with Crippen molar-refractivity contribution in [2.24, 2.45) is 0 Å².